The number of carbonyl (C=O) groups excluding carboxylic acids is 1. The van der Waals surface area contributed by atoms with Crippen LogP contribution in [0.15, 0.2) is 12.1 Å². The Balaban J connectivity index is 1.73. The summed E-state index contributed by atoms with van der Waals surface area (Å²) in [7, 11) is 4.65. The van der Waals surface area contributed by atoms with Crippen molar-refractivity contribution in [3.05, 3.63) is 23.5 Å². The molecule has 148 valence electrons. The number of carboxylic acids is 1. The van der Waals surface area contributed by atoms with Crippen LogP contribution in [0.2, 0.25) is 0 Å². The first-order valence-electron chi connectivity index (χ1n) is 8.94. The van der Waals surface area contributed by atoms with Gasteiger partial charge in [-0.2, -0.15) is 0 Å². The number of carboxylic acid groups (broad SMARTS) is 1. The van der Waals surface area contributed by atoms with Crippen molar-refractivity contribution in [2.75, 3.05) is 34.4 Å². The quantitative estimate of drug-likeness (QED) is 0.838. The third-order valence-corrected chi connectivity index (χ3v) is 6.04. The summed E-state index contributed by atoms with van der Waals surface area (Å²) in [5.41, 5.74) is -0.149. The van der Waals surface area contributed by atoms with E-state index in [2.05, 4.69) is 4.90 Å². The lowest BCUT2D eigenvalue weighted by Crippen LogP contribution is -2.55. The molecule has 8 heteroatoms. The summed E-state index contributed by atoms with van der Waals surface area (Å²) in [6, 6.07) is 2.94. The van der Waals surface area contributed by atoms with Gasteiger partial charge in [-0.15, -0.1) is 0 Å². The molecule has 2 heterocycles. The Bertz CT molecular complexity index is 746. The standard InChI is InChI=1S/C19H25FN2O5/c1-21-17(23)9-13(18(24)25)19(21)4-6-22(7-5-19)11-12-8-15(26-2)16(27-3)10-14(12)20/h8,10,13H,4-7,9,11H2,1-3H3,(H,24,25)/t13-/m1/s1. The Hall–Kier alpha value is -2.35. The number of halogens is 1. The summed E-state index contributed by atoms with van der Waals surface area (Å²) in [5, 5.41) is 9.54. The number of piperidine rings is 1. The van der Waals surface area contributed by atoms with Crippen molar-refractivity contribution < 1.29 is 28.6 Å². The molecule has 0 aromatic heterocycles. The van der Waals surface area contributed by atoms with Crippen LogP contribution in [0.5, 0.6) is 11.5 Å². The first-order chi connectivity index (χ1) is 12.8. The van der Waals surface area contributed by atoms with Crippen LogP contribution in [0.3, 0.4) is 0 Å². The second-order valence-electron chi connectivity index (χ2n) is 7.23. The van der Waals surface area contributed by atoms with E-state index in [0.29, 0.717) is 49.5 Å². The molecular weight excluding hydrogens is 355 g/mol. The summed E-state index contributed by atoms with van der Waals surface area (Å²) in [6.45, 7) is 1.57. The monoisotopic (exact) mass is 380 g/mol. The van der Waals surface area contributed by atoms with Crippen molar-refractivity contribution in [1.82, 2.24) is 9.80 Å². The third kappa shape index (κ3) is 3.34. The van der Waals surface area contributed by atoms with Crippen LogP contribution in [-0.4, -0.2) is 66.7 Å². The SMILES string of the molecule is COc1cc(F)c(CN2CCC3(CC2)[C@@H](C(=O)O)CC(=O)N3C)cc1OC. The van der Waals surface area contributed by atoms with Crippen LogP contribution in [0, 0.1) is 11.7 Å². The van der Waals surface area contributed by atoms with Gasteiger partial charge in [0.25, 0.3) is 0 Å². The van der Waals surface area contributed by atoms with Crippen LogP contribution in [0.4, 0.5) is 4.39 Å². The van der Waals surface area contributed by atoms with Crippen molar-refractivity contribution in [2.24, 2.45) is 5.92 Å². The van der Waals surface area contributed by atoms with E-state index >= 15 is 0 Å². The lowest BCUT2D eigenvalue weighted by Gasteiger charge is -2.45. The molecule has 2 aliphatic heterocycles. The second-order valence-corrected chi connectivity index (χ2v) is 7.23. The maximum absolute atomic E-state index is 14.4. The second kappa shape index (κ2) is 7.34. The highest BCUT2D eigenvalue weighted by Crippen LogP contribution is 2.43. The Kier molecular flexibility index (Phi) is 5.28. The molecule has 2 aliphatic rings. The van der Waals surface area contributed by atoms with Crippen molar-refractivity contribution in [3.63, 3.8) is 0 Å². The number of likely N-dealkylation sites (tertiary alicyclic amines) is 2. The van der Waals surface area contributed by atoms with Gasteiger partial charge in [-0.3, -0.25) is 14.5 Å². The van der Waals surface area contributed by atoms with Gasteiger partial charge < -0.3 is 19.5 Å². The molecule has 1 amide bonds. The minimum atomic E-state index is -0.924. The highest BCUT2D eigenvalue weighted by molar-refractivity contribution is 5.88. The molecule has 2 saturated heterocycles. The molecule has 1 spiro atoms. The van der Waals surface area contributed by atoms with Gasteiger partial charge in [-0.1, -0.05) is 0 Å². The summed E-state index contributed by atoms with van der Waals surface area (Å²) in [5.74, 6) is -1.30. The van der Waals surface area contributed by atoms with Gasteiger partial charge in [0, 0.05) is 44.7 Å². The van der Waals surface area contributed by atoms with Crippen molar-refractivity contribution in [2.45, 2.75) is 31.3 Å². The molecular formula is C19H25FN2O5. The lowest BCUT2D eigenvalue weighted by molar-refractivity contribution is -0.146. The molecule has 0 radical (unpaired) electrons. The molecule has 0 bridgehead atoms. The zero-order chi connectivity index (χ0) is 19.8. The molecule has 1 aromatic rings. The number of benzene rings is 1. The predicted octanol–water partition coefficient (Wildman–Crippen LogP) is 1.74. The van der Waals surface area contributed by atoms with Gasteiger partial charge in [0.1, 0.15) is 5.82 Å². The minimum Gasteiger partial charge on any atom is -0.493 e. The van der Waals surface area contributed by atoms with E-state index in [1.54, 1.807) is 18.0 Å². The molecule has 2 fully saturated rings. The predicted molar refractivity (Wildman–Crippen MR) is 95.3 cm³/mol. The number of carbonyl (C=O) groups is 2. The van der Waals surface area contributed by atoms with Crippen LogP contribution in [0.1, 0.15) is 24.8 Å². The fourth-order valence-electron chi connectivity index (χ4n) is 4.34. The Morgan fingerprint density at radius 2 is 1.85 bits per heavy atom. The zero-order valence-corrected chi connectivity index (χ0v) is 15.8. The number of ether oxygens (including phenoxy) is 2. The number of amides is 1. The topological polar surface area (TPSA) is 79.3 Å². The molecule has 1 atom stereocenters. The van der Waals surface area contributed by atoms with E-state index in [0.717, 1.165) is 0 Å². The summed E-state index contributed by atoms with van der Waals surface area (Å²) >= 11 is 0. The smallest absolute Gasteiger partial charge is 0.309 e. The number of rotatable bonds is 5. The van der Waals surface area contributed by atoms with E-state index in [1.165, 1.54) is 20.3 Å². The molecule has 3 rings (SSSR count). The largest absolute Gasteiger partial charge is 0.493 e. The Morgan fingerprint density at radius 1 is 1.26 bits per heavy atom. The van der Waals surface area contributed by atoms with Crippen LogP contribution in [-0.2, 0) is 16.1 Å². The van der Waals surface area contributed by atoms with Gasteiger partial charge in [0.15, 0.2) is 11.5 Å². The summed E-state index contributed by atoms with van der Waals surface area (Å²) < 4.78 is 24.7. The van der Waals surface area contributed by atoms with Gasteiger partial charge in [0.05, 0.1) is 25.7 Å². The molecule has 1 N–H and O–H groups in total. The number of hydrogen-bond acceptors (Lipinski definition) is 5. The molecule has 1 aromatic carbocycles. The van der Waals surface area contributed by atoms with E-state index in [-0.39, 0.29) is 18.1 Å². The average Bonchev–Trinajstić information content (AvgIpc) is 2.90. The van der Waals surface area contributed by atoms with Gasteiger partial charge >= 0.3 is 5.97 Å². The maximum Gasteiger partial charge on any atom is 0.309 e. The first kappa shape index (κ1) is 19.4. The number of methoxy groups -OCH3 is 2. The summed E-state index contributed by atoms with van der Waals surface area (Å²) in [6.07, 6.45) is 1.17. The Labute approximate surface area is 157 Å². The van der Waals surface area contributed by atoms with Crippen molar-refractivity contribution >= 4 is 11.9 Å². The third-order valence-electron chi connectivity index (χ3n) is 6.04. The van der Waals surface area contributed by atoms with E-state index < -0.39 is 17.4 Å². The van der Waals surface area contributed by atoms with Crippen molar-refractivity contribution in [1.29, 1.82) is 0 Å². The fourth-order valence-corrected chi connectivity index (χ4v) is 4.34. The minimum absolute atomic E-state index is 0.0517. The number of hydrogen-bond donors (Lipinski definition) is 1. The molecule has 27 heavy (non-hydrogen) atoms. The van der Waals surface area contributed by atoms with Crippen LogP contribution < -0.4 is 9.47 Å². The van der Waals surface area contributed by atoms with E-state index in [4.69, 9.17) is 9.47 Å². The molecule has 0 aliphatic carbocycles. The fraction of sp³-hybridized carbons (Fsp3) is 0.579. The molecule has 0 unspecified atom stereocenters. The summed E-state index contributed by atoms with van der Waals surface area (Å²) in [4.78, 5) is 27.4. The zero-order valence-electron chi connectivity index (χ0n) is 15.8. The van der Waals surface area contributed by atoms with E-state index in [1.807, 2.05) is 0 Å². The van der Waals surface area contributed by atoms with Gasteiger partial charge in [-0.05, 0) is 18.9 Å². The normalized spacial score (nSPS) is 22.3. The number of nitrogens with zero attached hydrogens (tertiary/aromatic N) is 2. The molecule has 0 saturated carbocycles. The first-order valence-corrected chi connectivity index (χ1v) is 8.94. The van der Waals surface area contributed by atoms with E-state index in [9.17, 15) is 19.1 Å². The highest BCUT2D eigenvalue weighted by Gasteiger charge is 2.55. The van der Waals surface area contributed by atoms with Gasteiger partial charge in [0.2, 0.25) is 5.91 Å². The molecule has 7 nitrogen and oxygen atoms in total. The van der Waals surface area contributed by atoms with Crippen LogP contribution >= 0.6 is 0 Å². The highest BCUT2D eigenvalue weighted by atomic mass is 19.1. The lowest BCUT2D eigenvalue weighted by atomic mass is 9.77. The maximum atomic E-state index is 14.4. The van der Waals surface area contributed by atoms with Crippen molar-refractivity contribution in [3.8, 4) is 11.5 Å². The Morgan fingerprint density at radius 3 is 2.41 bits per heavy atom. The van der Waals surface area contributed by atoms with Gasteiger partial charge in [-0.25, -0.2) is 4.39 Å². The average molecular weight is 380 g/mol. The van der Waals surface area contributed by atoms with Crippen LogP contribution in [0.25, 0.3) is 0 Å². The number of aliphatic carboxylic acids is 1.